The van der Waals surface area contributed by atoms with Gasteiger partial charge in [-0.25, -0.2) is 0 Å². The van der Waals surface area contributed by atoms with Gasteiger partial charge in [0.25, 0.3) is 0 Å². The largest absolute Gasteiger partial charge is 0.504 e. The van der Waals surface area contributed by atoms with Crippen molar-refractivity contribution in [2.45, 2.75) is 26.7 Å². The van der Waals surface area contributed by atoms with Gasteiger partial charge in [0.15, 0.2) is 11.5 Å². The number of hydrogen-bond donors (Lipinski definition) is 2. The van der Waals surface area contributed by atoms with Gasteiger partial charge in [0.2, 0.25) is 0 Å². The molecule has 3 nitrogen and oxygen atoms in total. The second kappa shape index (κ2) is 5.03. The summed E-state index contributed by atoms with van der Waals surface area (Å²) in [6.07, 6.45) is 0. The van der Waals surface area contributed by atoms with Gasteiger partial charge in [-0.3, -0.25) is 0 Å². The van der Waals surface area contributed by atoms with Crippen molar-refractivity contribution in [2.24, 2.45) is 5.73 Å². The third-order valence-electron chi connectivity index (χ3n) is 2.23. The lowest BCUT2D eigenvalue weighted by Crippen LogP contribution is -2.12. The summed E-state index contributed by atoms with van der Waals surface area (Å²) in [6.45, 7) is 6.98. The van der Waals surface area contributed by atoms with E-state index in [0.29, 0.717) is 24.8 Å². The smallest absolute Gasteiger partial charge is 0.164 e. The summed E-state index contributed by atoms with van der Waals surface area (Å²) in [5.41, 5.74) is 7.44. The highest BCUT2D eigenvalue weighted by molar-refractivity contribution is 5.49. The van der Waals surface area contributed by atoms with Crippen LogP contribution in [0.15, 0.2) is 12.1 Å². The first kappa shape index (κ1) is 11.9. The van der Waals surface area contributed by atoms with Crippen LogP contribution in [0.2, 0.25) is 0 Å². The molecule has 0 saturated heterocycles. The average Bonchev–Trinajstić information content (AvgIpc) is 2.15. The minimum atomic E-state index is 0.201. The van der Waals surface area contributed by atoms with Crippen molar-refractivity contribution in [1.29, 1.82) is 0 Å². The van der Waals surface area contributed by atoms with Crippen LogP contribution < -0.4 is 10.5 Å². The minimum absolute atomic E-state index is 0.201. The zero-order valence-electron chi connectivity index (χ0n) is 9.58. The van der Waals surface area contributed by atoms with Crippen molar-refractivity contribution in [3.05, 3.63) is 23.3 Å². The number of phenols is 1. The molecule has 0 radical (unpaired) electrons. The quantitative estimate of drug-likeness (QED) is 0.799. The summed E-state index contributed by atoms with van der Waals surface area (Å²) in [4.78, 5) is 0. The van der Waals surface area contributed by atoms with E-state index in [1.54, 1.807) is 6.07 Å². The second-order valence-electron chi connectivity index (χ2n) is 3.99. The van der Waals surface area contributed by atoms with Gasteiger partial charge in [-0.05, 0) is 24.5 Å². The molecule has 0 amide bonds. The van der Waals surface area contributed by atoms with Crippen molar-refractivity contribution < 1.29 is 9.84 Å². The van der Waals surface area contributed by atoms with E-state index in [9.17, 15) is 5.11 Å². The molecule has 1 aromatic carbocycles. The fourth-order valence-electron chi connectivity index (χ4n) is 1.53. The van der Waals surface area contributed by atoms with Gasteiger partial charge in [-0.15, -0.1) is 0 Å². The third-order valence-corrected chi connectivity index (χ3v) is 2.23. The molecular weight excluding hydrogens is 190 g/mol. The van der Waals surface area contributed by atoms with Crippen molar-refractivity contribution in [2.75, 3.05) is 13.2 Å². The number of ether oxygens (including phenoxy) is 1. The van der Waals surface area contributed by atoms with Crippen molar-refractivity contribution in [3.63, 3.8) is 0 Å². The maximum absolute atomic E-state index is 9.78. The van der Waals surface area contributed by atoms with Gasteiger partial charge in [0.05, 0.1) is 0 Å². The number of aryl methyl sites for hydroxylation is 1. The standard InChI is InChI=1S/C12H19NO2/c1-8(2)10-6-9(3)7-11(14)12(10)15-5-4-13/h6-8,14H,4-5,13H2,1-3H3. The van der Waals surface area contributed by atoms with Crippen LogP contribution in [0.1, 0.15) is 30.9 Å². The Bertz CT molecular complexity index is 335. The Morgan fingerprint density at radius 2 is 2.07 bits per heavy atom. The predicted octanol–water partition coefficient (Wildman–Crippen LogP) is 2.16. The molecule has 3 heteroatoms. The third kappa shape index (κ3) is 2.86. The van der Waals surface area contributed by atoms with Gasteiger partial charge in [0.1, 0.15) is 6.61 Å². The topological polar surface area (TPSA) is 55.5 Å². The molecule has 0 aliphatic carbocycles. The molecule has 0 aliphatic heterocycles. The summed E-state index contributed by atoms with van der Waals surface area (Å²) >= 11 is 0. The van der Waals surface area contributed by atoms with E-state index in [-0.39, 0.29) is 5.75 Å². The molecule has 84 valence electrons. The molecular formula is C12H19NO2. The molecule has 0 unspecified atom stereocenters. The summed E-state index contributed by atoms with van der Waals surface area (Å²) in [5.74, 6) is 1.09. The van der Waals surface area contributed by atoms with E-state index in [1.165, 1.54) is 0 Å². The summed E-state index contributed by atoms with van der Waals surface area (Å²) in [5, 5.41) is 9.78. The Balaban J connectivity index is 3.09. The first-order valence-electron chi connectivity index (χ1n) is 5.22. The van der Waals surface area contributed by atoms with Gasteiger partial charge >= 0.3 is 0 Å². The SMILES string of the molecule is Cc1cc(O)c(OCCN)c(C(C)C)c1. The van der Waals surface area contributed by atoms with Crippen molar-refractivity contribution in [1.82, 2.24) is 0 Å². The molecule has 0 saturated carbocycles. The van der Waals surface area contributed by atoms with Gasteiger partial charge in [-0.2, -0.15) is 0 Å². The highest BCUT2D eigenvalue weighted by atomic mass is 16.5. The number of phenolic OH excluding ortho intramolecular Hbond substituents is 1. The van der Waals surface area contributed by atoms with Crippen LogP contribution >= 0.6 is 0 Å². The van der Waals surface area contributed by atoms with Crippen molar-refractivity contribution in [3.8, 4) is 11.5 Å². The molecule has 15 heavy (non-hydrogen) atoms. The average molecular weight is 209 g/mol. The summed E-state index contributed by atoms with van der Waals surface area (Å²) < 4.78 is 5.46. The monoisotopic (exact) mass is 209 g/mol. The Hall–Kier alpha value is -1.22. The first-order valence-corrected chi connectivity index (χ1v) is 5.22. The number of hydrogen-bond acceptors (Lipinski definition) is 3. The molecule has 0 fully saturated rings. The Kier molecular flexibility index (Phi) is 3.97. The predicted molar refractivity (Wildman–Crippen MR) is 61.5 cm³/mol. The normalized spacial score (nSPS) is 10.7. The molecule has 0 spiro atoms. The highest BCUT2D eigenvalue weighted by Gasteiger charge is 2.13. The molecule has 0 aromatic heterocycles. The van der Waals surface area contributed by atoms with Crippen LogP contribution in [-0.4, -0.2) is 18.3 Å². The number of nitrogens with two attached hydrogens (primary N) is 1. The van der Waals surface area contributed by atoms with Crippen LogP contribution in [0.5, 0.6) is 11.5 Å². The number of benzene rings is 1. The van der Waals surface area contributed by atoms with E-state index in [2.05, 4.69) is 13.8 Å². The van der Waals surface area contributed by atoms with E-state index >= 15 is 0 Å². The minimum Gasteiger partial charge on any atom is -0.504 e. The Morgan fingerprint density at radius 3 is 2.60 bits per heavy atom. The van der Waals surface area contributed by atoms with E-state index < -0.39 is 0 Å². The molecule has 0 atom stereocenters. The molecule has 1 rings (SSSR count). The number of rotatable bonds is 4. The molecule has 3 N–H and O–H groups in total. The van der Waals surface area contributed by atoms with E-state index in [1.807, 2.05) is 13.0 Å². The van der Waals surface area contributed by atoms with Crippen LogP contribution in [0, 0.1) is 6.92 Å². The van der Waals surface area contributed by atoms with Crippen LogP contribution in [0.4, 0.5) is 0 Å². The van der Waals surface area contributed by atoms with Crippen LogP contribution in [0.3, 0.4) is 0 Å². The molecule has 0 bridgehead atoms. The molecule has 0 aliphatic rings. The van der Waals surface area contributed by atoms with Crippen LogP contribution in [-0.2, 0) is 0 Å². The zero-order valence-corrected chi connectivity index (χ0v) is 9.58. The zero-order chi connectivity index (χ0) is 11.4. The fourth-order valence-corrected chi connectivity index (χ4v) is 1.53. The Labute approximate surface area is 90.9 Å². The van der Waals surface area contributed by atoms with E-state index in [4.69, 9.17) is 10.5 Å². The Morgan fingerprint density at radius 1 is 1.40 bits per heavy atom. The lowest BCUT2D eigenvalue weighted by atomic mass is 9.99. The van der Waals surface area contributed by atoms with Gasteiger partial charge < -0.3 is 15.6 Å². The molecule has 0 heterocycles. The van der Waals surface area contributed by atoms with Gasteiger partial charge in [0, 0.05) is 12.1 Å². The summed E-state index contributed by atoms with van der Waals surface area (Å²) in [6, 6.07) is 3.74. The van der Waals surface area contributed by atoms with Crippen LogP contribution in [0.25, 0.3) is 0 Å². The maximum atomic E-state index is 9.78. The van der Waals surface area contributed by atoms with Gasteiger partial charge in [-0.1, -0.05) is 19.9 Å². The lowest BCUT2D eigenvalue weighted by molar-refractivity contribution is 0.304. The number of aromatic hydroxyl groups is 1. The maximum Gasteiger partial charge on any atom is 0.164 e. The highest BCUT2D eigenvalue weighted by Crippen LogP contribution is 2.35. The lowest BCUT2D eigenvalue weighted by Gasteiger charge is -2.16. The first-order chi connectivity index (χ1) is 7.06. The summed E-state index contributed by atoms with van der Waals surface area (Å²) in [7, 11) is 0. The van der Waals surface area contributed by atoms with Crippen molar-refractivity contribution >= 4 is 0 Å². The van der Waals surface area contributed by atoms with E-state index in [0.717, 1.165) is 11.1 Å². The molecule has 1 aromatic rings. The fraction of sp³-hybridized carbons (Fsp3) is 0.500. The second-order valence-corrected chi connectivity index (χ2v) is 3.99.